The Kier molecular flexibility index (Phi) is 6.18. The van der Waals surface area contributed by atoms with Crippen molar-refractivity contribution in [2.24, 2.45) is 5.41 Å². The molecular formula is C27H27F4N3O2S. The van der Waals surface area contributed by atoms with Gasteiger partial charge in [-0.2, -0.15) is 10.2 Å². The van der Waals surface area contributed by atoms with Crippen LogP contribution < -0.4 is 0 Å². The van der Waals surface area contributed by atoms with Crippen molar-refractivity contribution < 1.29 is 26.0 Å². The second kappa shape index (κ2) is 8.87. The monoisotopic (exact) mass is 533 g/mol. The molecule has 3 aromatic rings. The smallest absolute Gasteiger partial charge is 0.212 e. The molecule has 2 atom stereocenters. The minimum Gasteiger partial charge on any atom is -0.212 e. The van der Waals surface area contributed by atoms with Crippen LogP contribution in [0.15, 0.2) is 42.5 Å². The van der Waals surface area contributed by atoms with Crippen LogP contribution in [0.5, 0.6) is 0 Å². The first-order chi connectivity index (χ1) is 17.4. The number of benzene rings is 2. The Bertz CT molecular complexity index is 1470. The molecule has 5 rings (SSSR count). The molecule has 0 amide bonds. The third-order valence-electron chi connectivity index (χ3n) is 8.38. The van der Waals surface area contributed by atoms with Gasteiger partial charge >= 0.3 is 0 Å². The molecule has 5 nitrogen and oxygen atoms in total. The second-order valence-corrected chi connectivity index (χ2v) is 12.4. The predicted octanol–water partition coefficient (Wildman–Crippen LogP) is 5.71. The summed E-state index contributed by atoms with van der Waals surface area (Å²) in [4.78, 5) is 0. The number of sulfonamides is 1. The Balaban J connectivity index is 1.53. The highest BCUT2D eigenvalue weighted by atomic mass is 32.2. The first kappa shape index (κ1) is 25.8. The van der Waals surface area contributed by atoms with Crippen molar-refractivity contribution in [1.82, 2.24) is 14.5 Å². The summed E-state index contributed by atoms with van der Waals surface area (Å²) < 4.78 is 84.6. The van der Waals surface area contributed by atoms with Crippen LogP contribution in [-0.2, 0) is 21.2 Å². The van der Waals surface area contributed by atoms with Crippen molar-refractivity contribution in [3.8, 4) is 11.3 Å². The topological polar surface area (TPSA) is 63.2 Å². The maximum Gasteiger partial charge on any atom is 0.218 e. The molecule has 1 aromatic heterocycles. The van der Waals surface area contributed by atoms with Crippen LogP contribution in [0, 0.1) is 28.7 Å². The molecule has 0 radical (unpaired) electrons. The molecule has 2 bridgehead atoms. The lowest BCUT2D eigenvalue weighted by Gasteiger charge is -2.41. The van der Waals surface area contributed by atoms with E-state index in [0.717, 1.165) is 24.1 Å². The average Bonchev–Trinajstić information content (AvgIpc) is 3.19. The van der Waals surface area contributed by atoms with E-state index in [0.29, 0.717) is 18.2 Å². The fourth-order valence-corrected chi connectivity index (χ4v) is 7.90. The highest BCUT2D eigenvalue weighted by Gasteiger charge is 2.64. The molecule has 10 heteroatoms. The summed E-state index contributed by atoms with van der Waals surface area (Å²) >= 11 is 0. The first-order valence-electron chi connectivity index (χ1n) is 12.2. The Morgan fingerprint density at radius 3 is 2.35 bits per heavy atom. The number of aromatic nitrogens is 2. The van der Waals surface area contributed by atoms with Gasteiger partial charge < -0.3 is 0 Å². The predicted molar refractivity (Wildman–Crippen MR) is 131 cm³/mol. The van der Waals surface area contributed by atoms with Crippen molar-refractivity contribution in [2.75, 3.05) is 13.1 Å². The molecule has 2 aliphatic rings. The molecule has 0 saturated heterocycles. The number of fused-ring (bicyclic) bond motifs is 5. The zero-order chi connectivity index (χ0) is 26.8. The van der Waals surface area contributed by atoms with E-state index in [2.05, 4.69) is 24.0 Å². The zero-order valence-corrected chi connectivity index (χ0v) is 21.5. The lowest BCUT2D eigenvalue weighted by Crippen LogP contribution is -2.48. The fourth-order valence-electron chi connectivity index (χ4n) is 6.28. The van der Waals surface area contributed by atoms with Crippen LogP contribution in [0.3, 0.4) is 0 Å². The van der Waals surface area contributed by atoms with Gasteiger partial charge in [0, 0.05) is 30.1 Å². The summed E-state index contributed by atoms with van der Waals surface area (Å²) in [6.07, 6.45) is 1.42. The Morgan fingerprint density at radius 2 is 1.70 bits per heavy atom. The van der Waals surface area contributed by atoms with E-state index in [1.807, 2.05) is 0 Å². The van der Waals surface area contributed by atoms with Gasteiger partial charge in [-0.05, 0) is 54.0 Å². The van der Waals surface area contributed by atoms with Crippen LogP contribution in [0.25, 0.3) is 11.3 Å². The van der Waals surface area contributed by atoms with Gasteiger partial charge in [0.25, 0.3) is 0 Å². The molecule has 1 fully saturated rings. The summed E-state index contributed by atoms with van der Waals surface area (Å²) in [5, 5.41) is 8.61. The lowest BCUT2D eigenvalue weighted by atomic mass is 9.68. The zero-order valence-electron chi connectivity index (χ0n) is 20.7. The number of nitrogens with zero attached hydrogens (tertiary/aromatic N) is 3. The van der Waals surface area contributed by atoms with E-state index >= 15 is 0 Å². The fraction of sp³-hybridized carbons (Fsp3) is 0.407. The van der Waals surface area contributed by atoms with Crippen LogP contribution in [0.2, 0.25) is 0 Å². The Hall–Kier alpha value is -2.85. The summed E-state index contributed by atoms with van der Waals surface area (Å²) in [5.74, 6) is -3.76. The van der Waals surface area contributed by atoms with Crippen molar-refractivity contribution in [1.29, 1.82) is 0 Å². The number of hydrogen-bond acceptors (Lipinski definition) is 4. The van der Waals surface area contributed by atoms with Gasteiger partial charge in [-0.15, -0.1) is 0 Å². The molecule has 1 saturated carbocycles. The Morgan fingerprint density at radius 1 is 1.00 bits per heavy atom. The molecule has 0 spiro atoms. The normalized spacial score (nSPS) is 22.0. The van der Waals surface area contributed by atoms with E-state index in [1.165, 1.54) is 22.5 Å². The van der Waals surface area contributed by atoms with E-state index in [-0.39, 0.29) is 35.8 Å². The summed E-state index contributed by atoms with van der Waals surface area (Å²) in [6, 6.07) is 8.14. The molecule has 2 aromatic carbocycles. The summed E-state index contributed by atoms with van der Waals surface area (Å²) in [5.41, 5.74) is 0.102. The van der Waals surface area contributed by atoms with Crippen molar-refractivity contribution in [3.63, 3.8) is 0 Å². The molecule has 0 unspecified atom stereocenters. The van der Waals surface area contributed by atoms with E-state index < -0.39 is 49.9 Å². The van der Waals surface area contributed by atoms with Gasteiger partial charge in [0.15, 0.2) is 0 Å². The van der Waals surface area contributed by atoms with Gasteiger partial charge in [-0.25, -0.2) is 30.3 Å². The lowest BCUT2D eigenvalue weighted by molar-refractivity contribution is 0.169. The average molecular weight is 534 g/mol. The number of rotatable bonds is 7. The quantitative estimate of drug-likeness (QED) is 0.365. The molecule has 1 heterocycles. The van der Waals surface area contributed by atoms with Gasteiger partial charge in [0.2, 0.25) is 10.0 Å². The SMILES string of the molecule is CCN(C[C@@]12CC[C@@H](c3cc(-c4c(F)cccc4F)nnc31)C2(C)C)S(=O)(=O)Cc1ccc(F)cc1F. The second-order valence-electron chi connectivity index (χ2n) is 10.4. The molecular weight excluding hydrogens is 506 g/mol. The van der Waals surface area contributed by atoms with E-state index in [4.69, 9.17) is 0 Å². The summed E-state index contributed by atoms with van der Waals surface area (Å²) in [7, 11) is -3.97. The largest absolute Gasteiger partial charge is 0.218 e. The van der Waals surface area contributed by atoms with E-state index in [1.54, 1.807) is 13.0 Å². The molecule has 196 valence electrons. The minimum atomic E-state index is -3.97. The molecule has 37 heavy (non-hydrogen) atoms. The van der Waals surface area contributed by atoms with Crippen molar-refractivity contribution in [2.45, 2.75) is 50.7 Å². The van der Waals surface area contributed by atoms with E-state index in [9.17, 15) is 26.0 Å². The van der Waals surface area contributed by atoms with Crippen LogP contribution in [-0.4, -0.2) is 36.0 Å². The van der Waals surface area contributed by atoms with Gasteiger partial charge in [0.1, 0.15) is 23.3 Å². The maximum atomic E-state index is 14.5. The van der Waals surface area contributed by atoms with Gasteiger partial charge in [0.05, 0.1) is 22.7 Å². The number of hydrogen-bond donors (Lipinski definition) is 0. The molecule has 0 N–H and O–H groups in total. The van der Waals surface area contributed by atoms with Crippen LogP contribution in [0.4, 0.5) is 17.6 Å². The summed E-state index contributed by atoms with van der Waals surface area (Å²) in [6.45, 7) is 6.06. The minimum absolute atomic E-state index is 0.00235. The highest BCUT2D eigenvalue weighted by molar-refractivity contribution is 7.88. The van der Waals surface area contributed by atoms with Crippen molar-refractivity contribution in [3.05, 3.63) is 82.6 Å². The van der Waals surface area contributed by atoms with Crippen molar-refractivity contribution >= 4 is 10.0 Å². The highest BCUT2D eigenvalue weighted by Crippen LogP contribution is 2.67. The van der Waals surface area contributed by atoms with Gasteiger partial charge in [-0.1, -0.05) is 32.9 Å². The third-order valence-corrected chi connectivity index (χ3v) is 10.2. The third kappa shape index (κ3) is 3.96. The standard InChI is InChI=1S/C27H27F4N3O2S/c1-4-34(37(35,36)14-16-8-9-17(28)12-22(16)31)15-27-11-10-19(26(27,2)3)18-13-23(32-33-25(18)27)24-20(29)6-5-7-21(24)30/h5-9,12-13,19H,4,10-11,14-15H2,1-3H3/t19-,27-/m0/s1. The maximum absolute atomic E-state index is 14.5. The van der Waals surface area contributed by atoms with Crippen LogP contribution >= 0.6 is 0 Å². The molecule has 2 aliphatic carbocycles. The number of halogens is 4. The Labute approximate surface area is 213 Å². The first-order valence-corrected chi connectivity index (χ1v) is 13.8. The molecule has 0 aliphatic heterocycles. The van der Waals surface area contributed by atoms with Gasteiger partial charge in [-0.3, -0.25) is 0 Å². The number of likely N-dealkylation sites (N-methyl/N-ethyl adjacent to an activating group) is 1. The van der Waals surface area contributed by atoms with Crippen LogP contribution in [0.1, 0.15) is 56.4 Å².